The third-order valence-electron chi connectivity index (χ3n) is 3.68. The minimum atomic E-state index is -0.787. The van der Waals surface area contributed by atoms with Gasteiger partial charge in [-0.25, -0.2) is 0 Å². The highest BCUT2D eigenvalue weighted by Crippen LogP contribution is 2.26. The standard InChI is InChI=1S/C15H21N3O3/c1-2-16-15(21)13-9-12(6-7-17-13)18-8-4-3-5-11(18)10-14(19)20/h6-7,9,11H,2-5,8,10H2,1H3,(H,16,21)(H,19,20). The number of carbonyl (C=O) groups is 2. The molecule has 1 fully saturated rings. The lowest BCUT2D eigenvalue weighted by Crippen LogP contribution is -2.41. The number of aromatic nitrogens is 1. The maximum atomic E-state index is 11.9. The number of carboxylic acid groups (broad SMARTS) is 1. The molecule has 2 rings (SSSR count). The second-order valence-electron chi connectivity index (χ2n) is 5.20. The van der Waals surface area contributed by atoms with Crippen molar-refractivity contribution in [2.24, 2.45) is 0 Å². The molecule has 0 spiro atoms. The van der Waals surface area contributed by atoms with Crippen LogP contribution in [-0.2, 0) is 4.79 Å². The van der Waals surface area contributed by atoms with E-state index in [4.69, 9.17) is 5.11 Å². The van der Waals surface area contributed by atoms with Crippen LogP contribution >= 0.6 is 0 Å². The summed E-state index contributed by atoms with van der Waals surface area (Å²) in [5.74, 6) is -0.990. The lowest BCUT2D eigenvalue weighted by atomic mass is 9.98. The van der Waals surface area contributed by atoms with E-state index in [9.17, 15) is 9.59 Å². The van der Waals surface area contributed by atoms with E-state index < -0.39 is 5.97 Å². The van der Waals surface area contributed by atoms with Gasteiger partial charge in [0.1, 0.15) is 5.69 Å². The molecule has 2 heterocycles. The SMILES string of the molecule is CCNC(=O)c1cc(N2CCCCC2CC(=O)O)ccn1. The molecule has 0 bridgehead atoms. The topological polar surface area (TPSA) is 82.5 Å². The number of piperidine rings is 1. The Kier molecular flexibility index (Phi) is 5.14. The van der Waals surface area contributed by atoms with Crippen molar-refractivity contribution in [3.63, 3.8) is 0 Å². The molecule has 1 aliphatic rings. The summed E-state index contributed by atoms with van der Waals surface area (Å²) >= 11 is 0. The summed E-state index contributed by atoms with van der Waals surface area (Å²) in [5, 5.41) is 11.8. The third-order valence-corrected chi connectivity index (χ3v) is 3.68. The Bertz CT molecular complexity index is 519. The molecule has 21 heavy (non-hydrogen) atoms. The van der Waals surface area contributed by atoms with Crippen LogP contribution in [0.25, 0.3) is 0 Å². The normalized spacial score (nSPS) is 18.3. The lowest BCUT2D eigenvalue weighted by Gasteiger charge is -2.37. The summed E-state index contributed by atoms with van der Waals surface area (Å²) in [6.07, 6.45) is 4.67. The minimum absolute atomic E-state index is 0.0132. The zero-order chi connectivity index (χ0) is 15.2. The van der Waals surface area contributed by atoms with Crippen LogP contribution < -0.4 is 10.2 Å². The van der Waals surface area contributed by atoms with Gasteiger partial charge >= 0.3 is 5.97 Å². The van der Waals surface area contributed by atoms with Gasteiger partial charge < -0.3 is 15.3 Å². The van der Waals surface area contributed by atoms with Crippen molar-refractivity contribution in [2.45, 2.75) is 38.6 Å². The first-order chi connectivity index (χ1) is 10.1. The summed E-state index contributed by atoms with van der Waals surface area (Å²) < 4.78 is 0. The predicted molar refractivity (Wildman–Crippen MR) is 79.5 cm³/mol. The molecule has 0 saturated carbocycles. The Labute approximate surface area is 124 Å². The van der Waals surface area contributed by atoms with Crippen LogP contribution in [0.3, 0.4) is 0 Å². The van der Waals surface area contributed by atoms with Crippen LogP contribution in [0.2, 0.25) is 0 Å². The van der Waals surface area contributed by atoms with Gasteiger partial charge in [-0.15, -0.1) is 0 Å². The molecule has 0 aliphatic carbocycles. The number of anilines is 1. The average molecular weight is 291 g/mol. The fourth-order valence-electron chi connectivity index (χ4n) is 2.73. The van der Waals surface area contributed by atoms with Crippen LogP contribution in [0.5, 0.6) is 0 Å². The first kappa shape index (κ1) is 15.3. The van der Waals surface area contributed by atoms with Crippen LogP contribution in [-0.4, -0.2) is 41.1 Å². The maximum Gasteiger partial charge on any atom is 0.305 e. The van der Waals surface area contributed by atoms with Gasteiger partial charge in [0.25, 0.3) is 5.91 Å². The highest BCUT2D eigenvalue weighted by Gasteiger charge is 2.25. The number of carboxylic acids is 1. The van der Waals surface area contributed by atoms with E-state index in [1.807, 2.05) is 13.0 Å². The number of hydrogen-bond acceptors (Lipinski definition) is 4. The molecular formula is C15H21N3O3. The second kappa shape index (κ2) is 7.06. The molecular weight excluding hydrogens is 270 g/mol. The Morgan fingerprint density at radius 3 is 3.00 bits per heavy atom. The van der Waals surface area contributed by atoms with Crippen molar-refractivity contribution in [3.8, 4) is 0 Å². The van der Waals surface area contributed by atoms with Gasteiger partial charge in [-0.1, -0.05) is 0 Å². The monoisotopic (exact) mass is 291 g/mol. The molecule has 1 aromatic rings. The molecule has 1 aromatic heterocycles. The molecule has 1 amide bonds. The molecule has 6 nitrogen and oxygen atoms in total. The van der Waals surface area contributed by atoms with E-state index in [1.165, 1.54) is 0 Å². The van der Waals surface area contributed by atoms with Gasteiger partial charge in [0.15, 0.2) is 0 Å². The predicted octanol–water partition coefficient (Wildman–Crippen LogP) is 1.66. The lowest BCUT2D eigenvalue weighted by molar-refractivity contribution is -0.137. The van der Waals surface area contributed by atoms with Crippen molar-refractivity contribution in [1.29, 1.82) is 0 Å². The number of nitrogens with zero attached hydrogens (tertiary/aromatic N) is 2. The molecule has 2 N–H and O–H groups in total. The van der Waals surface area contributed by atoms with E-state index in [0.29, 0.717) is 12.2 Å². The van der Waals surface area contributed by atoms with Gasteiger partial charge in [0.05, 0.1) is 6.42 Å². The van der Waals surface area contributed by atoms with E-state index in [0.717, 1.165) is 31.5 Å². The van der Waals surface area contributed by atoms with Gasteiger partial charge in [-0.2, -0.15) is 0 Å². The first-order valence-corrected chi connectivity index (χ1v) is 7.34. The summed E-state index contributed by atoms with van der Waals surface area (Å²) in [4.78, 5) is 29.0. The summed E-state index contributed by atoms with van der Waals surface area (Å²) in [5.41, 5.74) is 1.24. The molecule has 0 radical (unpaired) electrons. The number of hydrogen-bond donors (Lipinski definition) is 2. The van der Waals surface area contributed by atoms with Gasteiger partial charge in [0.2, 0.25) is 0 Å². The largest absolute Gasteiger partial charge is 0.481 e. The van der Waals surface area contributed by atoms with Crippen molar-refractivity contribution < 1.29 is 14.7 Å². The van der Waals surface area contributed by atoms with E-state index >= 15 is 0 Å². The summed E-state index contributed by atoms with van der Waals surface area (Å²) in [6, 6.07) is 3.56. The minimum Gasteiger partial charge on any atom is -0.481 e. The molecule has 1 saturated heterocycles. The summed E-state index contributed by atoms with van der Waals surface area (Å²) in [7, 11) is 0. The molecule has 1 unspecified atom stereocenters. The summed E-state index contributed by atoms with van der Waals surface area (Å²) in [6.45, 7) is 3.22. The van der Waals surface area contributed by atoms with Crippen molar-refractivity contribution in [3.05, 3.63) is 24.0 Å². The first-order valence-electron chi connectivity index (χ1n) is 7.34. The van der Waals surface area contributed by atoms with Crippen LogP contribution in [0.15, 0.2) is 18.3 Å². The Morgan fingerprint density at radius 1 is 1.48 bits per heavy atom. The van der Waals surface area contributed by atoms with Crippen molar-refractivity contribution in [2.75, 3.05) is 18.0 Å². The smallest absolute Gasteiger partial charge is 0.305 e. The molecule has 1 aliphatic heterocycles. The number of pyridine rings is 1. The zero-order valence-electron chi connectivity index (χ0n) is 12.2. The van der Waals surface area contributed by atoms with E-state index in [1.54, 1.807) is 12.3 Å². The van der Waals surface area contributed by atoms with Crippen LogP contribution in [0.1, 0.15) is 43.1 Å². The number of aliphatic carboxylic acids is 1. The molecule has 0 aromatic carbocycles. The third kappa shape index (κ3) is 3.93. The fraction of sp³-hybridized carbons (Fsp3) is 0.533. The number of rotatable bonds is 5. The zero-order valence-corrected chi connectivity index (χ0v) is 12.2. The van der Waals surface area contributed by atoms with Gasteiger partial charge in [0, 0.05) is 31.0 Å². The van der Waals surface area contributed by atoms with Gasteiger partial charge in [-0.05, 0) is 38.3 Å². The van der Waals surface area contributed by atoms with Crippen LogP contribution in [0.4, 0.5) is 5.69 Å². The number of carbonyl (C=O) groups excluding carboxylic acids is 1. The highest BCUT2D eigenvalue weighted by atomic mass is 16.4. The Hall–Kier alpha value is -2.11. The van der Waals surface area contributed by atoms with Crippen molar-refractivity contribution >= 4 is 17.6 Å². The number of amides is 1. The Balaban J connectivity index is 2.20. The maximum absolute atomic E-state index is 11.9. The van der Waals surface area contributed by atoms with E-state index in [-0.39, 0.29) is 18.4 Å². The Morgan fingerprint density at radius 2 is 2.29 bits per heavy atom. The van der Waals surface area contributed by atoms with Crippen molar-refractivity contribution in [1.82, 2.24) is 10.3 Å². The van der Waals surface area contributed by atoms with Gasteiger partial charge in [-0.3, -0.25) is 14.6 Å². The highest BCUT2D eigenvalue weighted by molar-refractivity contribution is 5.93. The second-order valence-corrected chi connectivity index (χ2v) is 5.20. The fourth-order valence-corrected chi connectivity index (χ4v) is 2.73. The molecule has 114 valence electrons. The average Bonchev–Trinajstić information content (AvgIpc) is 2.47. The molecule has 1 atom stereocenters. The van der Waals surface area contributed by atoms with E-state index in [2.05, 4.69) is 15.2 Å². The molecule has 6 heteroatoms. The number of nitrogens with one attached hydrogen (secondary N) is 1. The quantitative estimate of drug-likeness (QED) is 0.862. The van der Waals surface area contributed by atoms with Crippen LogP contribution in [0, 0.1) is 0 Å².